The van der Waals surface area contributed by atoms with E-state index in [1.165, 1.54) is 10.4 Å². The summed E-state index contributed by atoms with van der Waals surface area (Å²) >= 11 is 0. The van der Waals surface area contributed by atoms with Gasteiger partial charge in [0.15, 0.2) is 0 Å². The molecule has 0 aliphatic heterocycles. The highest BCUT2D eigenvalue weighted by Crippen LogP contribution is 2.27. The van der Waals surface area contributed by atoms with Gasteiger partial charge in [-0.1, -0.05) is 13.0 Å². The van der Waals surface area contributed by atoms with Crippen LogP contribution in [-0.2, 0) is 10.0 Å². The van der Waals surface area contributed by atoms with Gasteiger partial charge in [-0.25, -0.2) is 8.42 Å². The topological polar surface area (TPSA) is 57.7 Å². The number of benzene rings is 1. The third-order valence-corrected chi connectivity index (χ3v) is 7.37. The fraction of sp³-hybridized carbons (Fsp3) is 0.632. The average molecular weight is 367 g/mol. The number of sulfonamides is 1. The number of rotatable bonds is 5. The quantitative estimate of drug-likeness (QED) is 0.803. The van der Waals surface area contributed by atoms with Crippen molar-refractivity contribution < 1.29 is 13.2 Å². The van der Waals surface area contributed by atoms with E-state index in [1.807, 2.05) is 20.9 Å². The molecular weight excluding hydrogens is 336 g/mol. The van der Waals surface area contributed by atoms with E-state index in [1.54, 1.807) is 30.1 Å². The Morgan fingerprint density at radius 3 is 2.28 bits per heavy atom. The van der Waals surface area contributed by atoms with Gasteiger partial charge in [-0.15, -0.1) is 0 Å². The molecule has 0 aromatic heterocycles. The van der Waals surface area contributed by atoms with Crippen LogP contribution in [0.3, 0.4) is 0 Å². The van der Waals surface area contributed by atoms with Gasteiger partial charge in [-0.05, 0) is 63.6 Å². The summed E-state index contributed by atoms with van der Waals surface area (Å²) in [7, 11) is -0.206. The first-order chi connectivity index (χ1) is 11.6. The van der Waals surface area contributed by atoms with Gasteiger partial charge in [0.2, 0.25) is 10.0 Å². The van der Waals surface area contributed by atoms with Crippen molar-refractivity contribution >= 4 is 15.9 Å². The third-order valence-electron chi connectivity index (χ3n) is 5.34. The molecule has 1 aromatic rings. The molecule has 25 heavy (non-hydrogen) atoms. The monoisotopic (exact) mass is 366 g/mol. The molecule has 2 rings (SSSR count). The van der Waals surface area contributed by atoms with Crippen LogP contribution in [0.15, 0.2) is 29.2 Å². The van der Waals surface area contributed by atoms with Gasteiger partial charge in [0.05, 0.1) is 4.90 Å². The van der Waals surface area contributed by atoms with Gasteiger partial charge in [0.1, 0.15) is 0 Å². The van der Waals surface area contributed by atoms with Crippen LogP contribution in [0.25, 0.3) is 0 Å². The summed E-state index contributed by atoms with van der Waals surface area (Å²) in [5, 5.41) is 0. The summed E-state index contributed by atoms with van der Waals surface area (Å²) in [6, 6.07) is 6.48. The second-order valence-corrected chi connectivity index (χ2v) is 9.47. The average Bonchev–Trinajstić information content (AvgIpc) is 2.60. The SMILES string of the molecule is CC1CCC(N(C)C(=O)c2cccc(S(=O)(=O)N(C)C(C)C)c2)CC1. The predicted octanol–water partition coefficient (Wildman–Crippen LogP) is 3.37. The summed E-state index contributed by atoms with van der Waals surface area (Å²) in [5.41, 5.74) is 0.430. The van der Waals surface area contributed by atoms with Crippen molar-refractivity contribution in [2.45, 2.75) is 63.4 Å². The van der Waals surface area contributed by atoms with E-state index in [-0.39, 0.29) is 22.9 Å². The first-order valence-corrected chi connectivity index (χ1v) is 10.4. The van der Waals surface area contributed by atoms with Crippen molar-refractivity contribution in [2.24, 2.45) is 5.92 Å². The molecule has 5 nitrogen and oxygen atoms in total. The first kappa shape index (κ1) is 19.9. The number of carbonyl (C=O) groups is 1. The van der Waals surface area contributed by atoms with E-state index in [2.05, 4.69) is 6.92 Å². The Balaban J connectivity index is 2.22. The van der Waals surface area contributed by atoms with Crippen LogP contribution >= 0.6 is 0 Å². The molecule has 1 aromatic carbocycles. The van der Waals surface area contributed by atoms with Gasteiger partial charge >= 0.3 is 0 Å². The van der Waals surface area contributed by atoms with Gasteiger partial charge in [0, 0.05) is 31.7 Å². The Morgan fingerprint density at radius 2 is 1.72 bits per heavy atom. The molecule has 0 N–H and O–H groups in total. The molecule has 0 heterocycles. The maximum absolute atomic E-state index is 12.8. The fourth-order valence-corrected chi connectivity index (χ4v) is 4.65. The molecule has 0 spiro atoms. The maximum atomic E-state index is 12.8. The molecule has 0 radical (unpaired) electrons. The van der Waals surface area contributed by atoms with Gasteiger partial charge < -0.3 is 4.90 Å². The minimum Gasteiger partial charge on any atom is -0.339 e. The highest BCUT2D eigenvalue weighted by molar-refractivity contribution is 7.89. The summed E-state index contributed by atoms with van der Waals surface area (Å²) in [6.07, 6.45) is 4.29. The summed E-state index contributed by atoms with van der Waals surface area (Å²) in [4.78, 5) is 14.8. The largest absolute Gasteiger partial charge is 0.339 e. The minimum absolute atomic E-state index is 0.108. The van der Waals surface area contributed by atoms with E-state index in [0.29, 0.717) is 5.56 Å². The van der Waals surface area contributed by atoms with Gasteiger partial charge in [-0.2, -0.15) is 4.31 Å². The Bertz CT molecular complexity index is 707. The Labute approximate surface area is 152 Å². The van der Waals surface area contributed by atoms with Crippen LogP contribution in [-0.4, -0.2) is 49.7 Å². The predicted molar refractivity (Wildman–Crippen MR) is 100 cm³/mol. The highest BCUT2D eigenvalue weighted by Gasteiger charge is 2.27. The summed E-state index contributed by atoms with van der Waals surface area (Å²) < 4.78 is 26.6. The molecule has 0 bridgehead atoms. The van der Waals surface area contributed by atoms with Crippen molar-refractivity contribution in [3.8, 4) is 0 Å². The molecule has 1 aliphatic carbocycles. The number of hydrogen-bond acceptors (Lipinski definition) is 3. The second-order valence-electron chi connectivity index (χ2n) is 7.47. The third kappa shape index (κ3) is 4.42. The van der Waals surface area contributed by atoms with Crippen molar-refractivity contribution in [2.75, 3.05) is 14.1 Å². The van der Waals surface area contributed by atoms with Crippen molar-refractivity contribution in [3.63, 3.8) is 0 Å². The normalized spacial score (nSPS) is 21.6. The van der Waals surface area contributed by atoms with Gasteiger partial charge in [0.25, 0.3) is 5.91 Å². The van der Waals surface area contributed by atoms with Gasteiger partial charge in [-0.3, -0.25) is 4.79 Å². The zero-order valence-electron chi connectivity index (χ0n) is 15.9. The number of hydrogen-bond donors (Lipinski definition) is 0. The Morgan fingerprint density at radius 1 is 1.12 bits per heavy atom. The zero-order chi connectivity index (χ0) is 18.8. The molecule has 1 aliphatic rings. The van der Waals surface area contributed by atoms with E-state index < -0.39 is 10.0 Å². The molecule has 6 heteroatoms. The number of nitrogens with zero attached hydrogens (tertiary/aromatic N) is 2. The second kappa shape index (κ2) is 7.87. The van der Waals surface area contributed by atoms with Crippen molar-refractivity contribution in [1.82, 2.24) is 9.21 Å². The van der Waals surface area contributed by atoms with E-state index in [9.17, 15) is 13.2 Å². The lowest BCUT2D eigenvalue weighted by Gasteiger charge is -2.33. The molecule has 1 amide bonds. The van der Waals surface area contributed by atoms with Crippen molar-refractivity contribution in [1.29, 1.82) is 0 Å². The molecule has 0 saturated heterocycles. The van der Waals surface area contributed by atoms with Crippen molar-refractivity contribution in [3.05, 3.63) is 29.8 Å². The zero-order valence-corrected chi connectivity index (χ0v) is 16.7. The lowest BCUT2D eigenvalue weighted by atomic mass is 9.86. The number of carbonyl (C=O) groups excluding carboxylic acids is 1. The molecule has 1 fully saturated rings. The highest BCUT2D eigenvalue weighted by atomic mass is 32.2. The summed E-state index contributed by atoms with van der Waals surface area (Å²) in [6.45, 7) is 5.90. The fourth-order valence-electron chi connectivity index (χ4n) is 3.23. The molecule has 0 unspecified atom stereocenters. The smallest absolute Gasteiger partial charge is 0.253 e. The lowest BCUT2D eigenvalue weighted by Crippen LogP contribution is -2.39. The Kier molecular flexibility index (Phi) is 6.27. The molecule has 140 valence electrons. The molecule has 1 saturated carbocycles. The lowest BCUT2D eigenvalue weighted by molar-refractivity contribution is 0.0679. The van der Waals surface area contributed by atoms with Crippen LogP contribution < -0.4 is 0 Å². The van der Waals surface area contributed by atoms with Crippen LogP contribution in [0, 0.1) is 5.92 Å². The van der Waals surface area contributed by atoms with Crippen LogP contribution in [0.5, 0.6) is 0 Å². The van der Waals surface area contributed by atoms with Crippen LogP contribution in [0.4, 0.5) is 0 Å². The molecule has 0 atom stereocenters. The first-order valence-electron chi connectivity index (χ1n) is 8.99. The van der Waals surface area contributed by atoms with Crippen LogP contribution in [0.1, 0.15) is 56.8 Å². The van der Waals surface area contributed by atoms with Crippen LogP contribution in [0.2, 0.25) is 0 Å². The summed E-state index contributed by atoms with van der Waals surface area (Å²) in [5.74, 6) is 0.614. The molecular formula is C19H30N2O3S. The van der Waals surface area contributed by atoms with E-state index in [0.717, 1.165) is 31.6 Å². The standard InChI is InChI=1S/C19H30N2O3S/c1-14(2)21(5)25(23,24)18-8-6-7-16(13-18)19(22)20(4)17-11-9-15(3)10-12-17/h6-8,13-15,17H,9-12H2,1-5H3. The maximum Gasteiger partial charge on any atom is 0.253 e. The minimum atomic E-state index is -3.59. The number of amides is 1. The Hall–Kier alpha value is -1.40. The van der Waals surface area contributed by atoms with E-state index in [4.69, 9.17) is 0 Å². The van der Waals surface area contributed by atoms with E-state index >= 15 is 0 Å².